The van der Waals surface area contributed by atoms with Crippen LogP contribution in [0.1, 0.15) is 29.4 Å². The minimum atomic E-state index is -0.266. The van der Waals surface area contributed by atoms with Crippen LogP contribution in [0.3, 0.4) is 0 Å². The molecular weight excluding hydrogens is 211 g/mol. The highest BCUT2D eigenvalue weighted by Gasteiger charge is 2.08. The summed E-state index contributed by atoms with van der Waals surface area (Å²) in [4.78, 5) is 23.1. The number of carbonyl (C=O) groups is 2. The van der Waals surface area contributed by atoms with Crippen LogP contribution in [0.15, 0.2) is 12.1 Å². The van der Waals surface area contributed by atoms with Gasteiger partial charge in [-0.2, -0.15) is 0 Å². The molecule has 0 radical (unpaired) electrons. The fourth-order valence-corrected chi connectivity index (χ4v) is 1.80. The quantitative estimate of drug-likeness (QED) is 0.540. The molecule has 0 spiro atoms. The van der Waals surface area contributed by atoms with E-state index >= 15 is 0 Å². The highest BCUT2D eigenvalue weighted by atomic mass is 32.1. The van der Waals surface area contributed by atoms with Crippen molar-refractivity contribution < 1.29 is 9.59 Å². The minimum Gasteiger partial charge on any atom is -0.273 e. The Morgan fingerprint density at radius 2 is 2.13 bits per heavy atom. The van der Waals surface area contributed by atoms with Crippen molar-refractivity contribution in [2.24, 2.45) is 0 Å². The average Bonchev–Trinajstić information content (AvgIpc) is 2.62. The first-order valence-electron chi connectivity index (χ1n) is 4.79. The van der Waals surface area contributed by atoms with Crippen LogP contribution in [0, 0.1) is 0 Å². The normalized spacial score (nSPS) is 9.67. The molecule has 1 aromatic heterocycles. The molecule has 1 aromatic rings. The number of nitrogens with one attached hydrogen (secondary N) is 2. The SMILES string of the molecule is Bc1ccc(C(=O)NNC(=O)CCC)s1. The molecule has 0 fully saturated rings. The Bertz CT molecular complexity index is 365. The van der Waals surface area contributed by atoms with Crippen molar-refractivity contribution in [3.05, 3.63) is 17.0 Å². The highest BCUT2D eigenvalue weighted by Crippen LogP contribution is 2.04. The first kappa shape index (κ1) is 11.8. The lowest BCUT2D eigenvalue weighted by Crippen LogP contribution is -2.41. The standard InChI is InChI=1S/C9H13BN2O2S/c1-2-3-8(13)11-12-9(14)6-4-5-7(10)15-6/h4-5H,2-3,10H2,1H3,(H,11,13)(H,12,14). The number of hydrogen-bond donors (Lipinski definition) is 2. The topological polar surface area (TPSA) is 58.2 Å². The molecule has 0 atom stereocenters. The molecule has 0 aliphatic carbocycles. The second-order valence-electron chi connectivity index (χ2n) is 3.16. The third kappa shape index (κ3) is 3.75. The molecule has 6 heteroatoms. The first-order valence-corrected chi connectivity index (χ1v) is 5.60. The van der Waals surface area contributed by atoms with Crippen molar-refractivity contribution in [1.29, 1.82) is 0 Å². The predicted molar refractivity (Wildman–Crippen MR) is 63.0 cm³/mol. The van der Waals surface area contributed by atoms with Crippen LogP contribution >= 0.6 is 11.3 Å². The number of thiophene rings is 1. The number of hydrazine groups is 1. The van der Waals surface area contributed by atoms with Crippen molar-refractivity contribution in [3.8, 4) is 0 Å². The summed E-state index contributed by atoms with van der Waals surface area (Å²) >= 11 is 1.40. The van der Waals surface area contributed by atoms with Crippen molar-refractivity contribution in [2.75, 3.05) is 0 Å². The molecule has 0 bridgehead atoms. The van der Waals surface area contributed by atoms with Gasteiger partial charge in [0.05, 0.1) is 4.88 Å². The zero-order valence-corrected chi connectivity index (χ0v) is 9.61. The molecule has 2 amide bonds. The Morgan fingerprint density at radius 1 is 1.40 bits per heavy atom. The Balaban J connectivity index is 2.40. The summed E-state index contributed by atoms with van der Waals surface area (Å²) in [6, 6.07) is 3.61. The first-order chi connectivity index (χ1) is 7.13. The largest absolute Gasteiger partial charge is 0.279 e. The molecule has 0 saturated heterocycles. The van der Waals surface area contributed by atoms with Crippen molar-refractivity contribution in [3.63, 3.8) is 0 Å². The zero-order valence-electron chi connectivity index (χ0n) is 8.79. The Kier molecular flexibility index (Phi) is 4.36. The summed E-state index contributed by atoms with van der Waals surface area (Å²) in [7, 11) is 1.93. The van der Waals surface area contributed by atoms with E-state index in [2.05, 4.69) is 10.9 Å². The van der Waals surface area contributed by atoms with Crippen molar-refractivity contribution in [2.45, 2.75) is 19.8 Å². The average molecular weight is 224 g/mol. The molecule has 0 saturated carbocycles. The number of hydrogen-bond acceptors (Lipinski definition) is 3. The molecule has 1 rings (SSSR count). The van der Waals surface area contributed by atoms with Gasteiger partial charge in [0.15, 0.2) is 7.85 Å². The highest BCUT2D eigenvalue weighted by molar-refractivity contribution is 7.21. The summed E-state index contributed by atoms with van der Waals surface area (Å²) in [6.07, 6.45) is 1.18. The summed E-state index contributed by atoms with van der Waals surface area (Å²) in [5.41, 5.74) is 4.73. The van der Waals surface area contributed by atoms with Crippen LogP contribution in [0.25, 0.3) is 0 Å². The van der Waals surface area contributed by atoms with Crippen LogP contribution in [-0.4, -0.2) is 19.7 Å². The summed E-state index contributed by atoms with van der Waals surface area (Å²) in [5, 5.41) is 0. The Hall–Kier alpha value is -1.30. The van der Waals surface area contributed by atoms with E-state index in [-0.39, 0.29) is 11.8 Å². The summed E-state index contributed by atoms with van der Waals surface area (Å²) in [5.74, 6) is -0.434. The summed E-state index contributed by atoms with van der Waals surface area (Å²) < 4.78 is 1.07. The zero-order chi connectivity index (χ0) is 11.3. The third-order valence-electron chi connectivity index (χ3n) is 1.76. The lowest BCUT2D eigenvalue weighted by Gasteiger charge is -2.04. The van der Waals surface area contributed by atoms with Crippen LogP contribution in [0.5, 0.6) is 0 Å². The van der Waals surface area contributed by atoms with E-state index < -0.39 is 0 Å². The van der Waals surface area contributed by atoms with E-state index in [4.69, 9.17) is 0 Å². The van der Waals surface area contributed by atoms with Crippen LogP contribution < -0.4 is 15.6 Å². The molecule has 0 unspecified atom stereocenters. The fourth-order valence-electron chi connectivity index (χ4n) is 1.03. The van der Waals surface area contributed by atoms with Gasteiger partial charge in [0.2, 0.25) is 5.91 Å². The van der Waals surface area contributed by atoms with Crippen LogP contribution in [0.4, 0.5) is 0 Å². The van der Waals surface area contributed by atoms with Gasteiger partial charge in [-0.05, 0) is 17.3 Å². The van der Waals surface area contributed by atoms with Gasteiger partial charge in [-0.25, -0.2) is 0 Å². The van der Waals surface area contributed by atoms with Gasteiger partial charge in [-0.1, -0.05) is 13.0 Å². The maximum Gasteiger partial charge on any atom is 0.279 e. The van der Waals surface area contributed by atoms with Gasteiger partial charge in [0, 0.05) is 6.42 Å². The lowest BCUT2D eigenvalue weighted by atomic mass is 10.1. The number of amides is 2. The van der Waals surface area contributed by atoms with Gasteiger partial charge < -0.3 is 0 Å². The number of carbonyl (C=O) groups excluding carboxylic acids is 2. The number of rotatable bonds is 3. The van der Waals surface area contributed by atoms with E-state index in [0.29, 0.717) is 11.3 Å². The third-order valence-corrected chi connectivity index (χ3v) is 2.76. The molecule has 0 aromatic carbocycles. The smallest absolute Gasteiger partial charge is 0.273 e. The van der Waals surface area contributed by atoms with Gasteiger partial charge >= 0.3 is 0 Å². The monoisotopic (exact) mass is 224 g/mol. The molecule has 0 aliphatic rings. The van der Waals surface area contributed by atoms with Gasteiger partial charge in [0.1, 0.15) is 0 Å². The van der Waals surface area contributed by atoms with Gasteiger partial charge in [0.25, 0.3) is 5.91 Å². The maximum atomic E-state index is 11.5. The minimum absolute atomic E-state index is 0.167. The molecule has 80 valence electrons. The van der Waals surface area contributed by atoms with Gasteiger partial charge in [-0.3, -0.25) is 20.4 Å². The van der Waals surface area contributed by atoms with E-state index in [1.807, 2.05) is 20.8 Å². The van der Waals surface area contributed by atoms with Crippen molar-refractivity contribution >= 4 is 35.8 Å². The molecule has 4 nitrogen and oxygen atoms in total. The molecule has 15 heavy (non-hydrogen) atoms. The summed E-state index contributed by atoms with van der Waals surface area (Å²) in [6.45, 7) is 1.91. The Morgan fingerprint density at radius 3 is 2.67 bits per heavy atom. The lowest BCUT2D eigenvalue weighted by molar-refractivity contribution is -0.121. The molecular formula is C9H13BN2O2S. The van der Waals surface area contributed by atoms with E-state index in [1.54, 1.807) is 6.07 Å². The van der Waals surface area contributed by atoms with E-state index in [1.165, 1.54) is 11.3 Å². The predicted octanol–water partition coefficient (Wildman–Crippen LogP) is -0.432. The maximum absolute atomic E-state index is 11.5. The fraction of sp³-hybridized carbons (Fsp3) is 0.333. The second kappa shape index (κ2) is 5.55. The van der Waals surface area contributed by atoms with Crippen molar-refractivity contribution in [1.82, 2.24) is 10.9 Å². The van der Waals surface area contributed by atoms with Crippen LogP contribution in [-0.2, 0) is 4.79 Å². The van der Waals surface area contributed by atoms with Crippen LogP contribution in [0.2, 0.25) is 0 Å². The molecule has 1 heterocycles. The molecule has 2 N–H and O–H groups in total. The van der Waals surface area contributed by atoms with E-state index in [9.17, 15) is 9.59 Å². The molecule has 0 aliphatic heterocycles. The Labute approximate surface area is 93.4 Å². The van der Waals surface area contributed by atoms with Gasteiger partial charge in [-0.15, -0.1) is 11.3 Å². The second-order valence-corrected chi connectivity index (χ2v) is 4.45. The van der Waals surface area contributed by atoms with E-state index in [0.717, 1.165) is 11.2 Å².